The Labute approximate surface area is 88.3 Å². The van der Waals surface area contributed by atoms with Gasteiger partial charge >= 0.3 is 11.9 Å². The summed E-state index contributed by atoms with van der Waals surface area (Å²) in [4.78, 5) is 21.8. The van der Waals surface area contributed by atoms with Crippen LogP contribution in [0, 0.1) is 17.8 Å². The number of hydrogen-bond donors (Lipinski definition) is 3. The van der Waals surface area contributed by atoms with Crippen molar-refractivity contribution in [1.82, 2.24) is 0 Å². The molecule has 3 unspecified atom stereocenters. The number of hydrogen-bond acceptors (Lipinski definition) is 3. The summed E-state index contributed by atoms with van der Waals surface area (Å²) in [7, 11) is 0. The van der Waals surface area contributed by atoms with E-state index in [0.717, 1.165) is 0 Å². The molecule has 86 valence electrons. The first kappa shape index (κ1) is 12.0. The molecule has 0 amide bonds. The minimum Gasteiger partial charge on any atom is -0.481 e. The largest absolute Gasteiger partial charge is 0.481 e. The SMILES string of the molecule is CC(C)CC(N)(C(=O)O)C1CC1C(=O)O. The van der Waals surface area contributed by atoms with Crippen LogP contribution in [0.3, 0.4) is 0 Å². The second-order valence-electron chi connectivity index (χ2n) is 4.73. The minimum absolute atomic E-state index is 0.140. The number of nitrogens with two attached hydrogens (primary N) is 1. The highest BCUT2D eigenvalue weighted by Gasteiger charge is 2.58. The zero-order valence-corrected chi connectivity index (χ0v) is 8.93. The summed E-state index contributed by atoms with van der Waals surface area (Å²) >= 11 is 0. The first-order chi connectivity index (χ1) is 6.79. The van der Waals surface area contributed by atoms with Crippen molar-refractivity contribution >= 4 is 11.9 Å². The highest BCUT2D eigenvalue weighted by molar-refractivity contribution is 5.83. The van der Waals surface area contributed by atoms with Crippen molar-refractivity contribution in [3.05, 3.63) is 0 Å². The predicted octanol–water partition coefficient (Wildman–Crippen LogP) is 0.535. The summed E-state index contributed by atoms with van der Waals surface area (Å²) in [5, 5.41) is 17.8. The van der Waals surface area contributed by atoms with Crippen LogP contribution in [0.4, 0.5) is 0 Å². The van der Waals surface area contributed by atoms with E-state index in [4.69, 9.17) is 15.9 Å². The van der Waals surface area contributed by atoms with E-state index >= 15 is 0 Å². The van der Waals surface area contributed by atoms with Crippen molar-refractivity contribution in [2.45, 2.75) is 32.2 Å². The van der Waals surface area contributed by atoms with E-state index in [0.29, 0.717) is 12.8 Å². The van der Waals surface area contributed by atoms with Gasteiger partial charge < -0.3 is 15.9 Å². The molecular formula is C10H17NO4. The number of carbonyl (C=O) groups is 2. The molecule has 0 heterocycles. The number of carboxylic acids is 2. The molecular weight excluding hydrogens is 198 g/mol. The maximum Gasteiger partial charge on any atom is 0.324 e. The van der Waals surface area contributed by atoms with Gasteiger partial charge in [0.2, 0.25) is 0 Å². The molecule has 0 bridgehead atoms. The Morgan fingerprint density at radius 1 is 1.47 bits per heavy atom. The van der Waals surface area contributed by atoms with E-state index in [1.807, 2.05) is 13.8 Å². The van der Waals surface area contributed by atoms with Crippen molar-refractivity contribution in [2.75, 3.05) is 0 Å². The molecule has 1 aliphatic rings. The van der Waals surface area contributed by atoms with Crippen molar-refractivity contribution in [3.8, 4) is 0 Å². The summed E-state index contributed by atoms with van der Waals surface area (Å²) in [6.45, 7) is 3.76. The van der Waals surface area contributed by atoms with Crippen LogP contribution in [0.15, 0.2) is 0 Å². The van der Waals surface area contributed by atoms with Gasteiger partial charge in [0.25, 0.3) is 0 Å². The quantitative estimate of drug-likeness (QED) is 0.621. The second kappa shape index (κ2) is 3.81. The van der Waals surface area contributed by atoms with Gasteiger partial charge in [-0.3, -0.25) is 9.59 Å². The Morgan fingerprint density at radius 2 is 2.00 bits per heavy atom. The Bertz CT molecular complexity index is 289. The van der Waals surface area contributed by atoms with Crippen LogP contribution >= 0.6 is 0 Å². The van der Waals surface area contributed by atoms with Crippen LogP contribution < -0.4 is 5.73 Å². The lowest BCUT2D eigenvalue weighted by atomic mass is 9.84. The molecule has 1 rings (SSSR count). The van der Waals surface area contributed by atoms with Gasteiger partial charge in [0.05, 0.1) is 5.92 Å². The summed E-state index contributed by atoms with van der Waals surface area (Å²) < 4.78 is 0. The van der Waals surface area contributed by atoms with Crippen LogP contribution in [-0.2, 0) is 9.59 Å². The van der Waals surface area contributed by atoms with Gasteiger partial charge in [-0.15, -0.1) is 0 Å². The summed E-state index contributed by atoms with van der Waals surface area (Å²) in [5.74, 6) is -2.90. The Kier molecular flexibility index (Phi) is 3.04. The molecule has 0 aliphatic heterocycles. The maximum absolute atomic E-state index is 11.1. The average Bonchev–Trinajstić information content (AvgIpc) is 2.80. The zero-order valence-electron chi connectivity index (χ0n) is 8.93. The standard InChI is InChI=1S/C10H17NO4/c1-5(2)4-10(11,9(14)15)7-3-6(7)8(12)13/h5-7H,3-4,11H2,1-2H3,(H,12,13)(H,14,15). The van der Waals surface area contributed by atoms with Crippen LogP contribution in [0.1, 0.15) is 26.7 Å². The summed E-state index contributed by atoms with van der Waals surface area (Å²) in [6.07, 6.45) is 0.696. The summed E-state index contributed by atoms with van der Waals surface area (Å²) in [5.41, 5.74) is 4.43. The van der Waals surface area contributed by atoms with Crippen molar-refractivity contribution in [3.63, 3.8) is 0 Å². The lowest BCUT2D eigenvalue weighted by Gasteiger charge is -2.26. The van der Waals surface area contributed by atoms with Crippen LogP contribution in [0.5, 0.6) is 0 Å². The molecule has 0 aromatic heterocycles. The van der Waals surface area contributed by atoms with Gasteiger partial charge in [-0.2, -0.15) is 0 Å². The highest BCUT2D eigenvalue weighted by atomic mass is 16.4. The van der Waals surface area contributed by atoms with Gasteiger partial charge in [-0.05, 0) is 18.8 Å². The number of aliphatic carboxylic acids is 2. The molecule has 4 N–H and O–H groups in total. The molecule has 0 aromatic rings. The van der Waals surface area contributed by atoms with Gasteiger partial charge in [-0.25, -0.2) is 0 Å². The molecule has 0 saturated heterocycles. The maximum atomic E-state index is 11.1. The van der Waals surface area contributed by atoms with Gasteiger partial charge in [0.1, 0.15) is 5.54 Å². The molecule has 0 aromatic carbocycles. The van der Waals surface area contributed by atoms with E-state index in [2.05, 4.69) is 0 Å². The zero-order chi connectivity index (χ0) is 11.8. The molecule has 0 spiro atoms. The van der Waals surface area contributed by atoms with E-state index < -0.39 is 29.3 Å². The molecule has 1 saturated carbocycles. The first-order valence-electron chi connectivity index (χ1n) is 5.04. The fraction of sp³-hybridized carbons (Fsp3) is 0.800. The highest BCUT2D eigenvalue weighted by Crippen LogP contribution is 2.47. The Morgan fingerprint density at radius 3 is 2.27 bits per heavy atom. The number of rotatable bonds is 5. The normalized spacial score (nSPS) is 28.5. The second-order valence-corrected chi connectivity index (χ2v) is 4.73. The van der Waals surface area contributed by atoms with Gasteiger partial charge in [0.15, 0.2) is 0 Å². The van der Waals surface area contributed by atoms with Gasteiger partial charge in [0, 0.05) is 5.92 Å². The van der Waals surface area contributed by atoms with Crippen LogP contribution in [0.2, 0.25) is 0 Å². The third-order valence-electron chi connectivity index (χ3n) is 2.91. The van der Waals surface area contributed by atoms with Gasteiger partial charge in [-0.1, -0.05) is 13.8 Å². The fourth-order valence-electron chi connectivity index (χ4n) is 2.11. The molecule has 3 atom stereocenters. The monoisotopic (exact) mass is 215 g/mol. The molecule has 15 heavy (non-hydrogen) atoms. The van der Waals surface area contributed by atoms with E-state index in [1.165, 1.54) is 0 Å². The van der Waals surface area contributed by atoms with E-state index in [-0.39, 0.29) is 5.92 Å². The summed E-state index contributed by atoms with van der Waals surface area (Å²) in [6, 6.07) is 0. The fourth-order valence-corrected chi connectivity index (χ4v) is 2.11. The molecule has 5 heteroatoms. The third-order valence-corrected chi connectivity index (χ3v) is 2.91. The molecule has 1 fully saturated rings. The van der Waals surface area contributed by atoms with E-state index in [1.54, 1.807) is 0 Å². The minimum atomic E-state index is -1.38. The lowest BCUT2D eigenvalue weighted by molar-refractivity contribution is -0.145. The molecule has 5 nitrogen and oxygen atoms in total. The average molecular weight is 215 g/mol. The smallest absolute Gasteiger partial charge is 0.324 e. The molecule has 0 radical (unpaired) electrons. The van der Waals surface area contributed by atoms with Crippen LogP contribution in [0.25, 0.3) is 0 Å². The van der Waals surface area contributed by atoms with Crippen molar-refractivity contribution in [2.24, 2.45) is 23.5 Å². The first-order valence-corrected chi connectivity index (χ1v) is 5.04. The third kappa shape index (κ3) is 2.28. The van der Waals surface area contributed by atoms with Crippen LogP contribution in [-0.4, -0.2) is 27.7 Å². The number of carboxylic acid groups (broad SMARTS) is 2. The topological polar surface area (TPSA) is 101 Å². The lowest BCUT2D eigenvalue weighted by Crippen LogP contribution is -2.51. The Balaban J connectivity index is 2.76. The van der Waals surface area contributed by atoms with E-state index in [9.17, 15) is 9.59 Å². The Hall–Kier alpha value is -1.10. The predicted molar refractivity (Wildman–Crippen MR) is 53.2 cm³/mol. The molecule has 1 aliphatic carbocycles. The van der Waals surface area contributed by atoms with Crippen molar-refractivity contribution in [1.29, 1.82) is 0 Å². The van der Waals surface area contributed by atoms with Crippen molar-refractivity contribution < 1.29 is 19.8 Å².